The molecule has 9 aromatic carbocycles. The van der Waals surface area contributed by atoms with E-state index in [1.54, 1.807) is 0 Å². The van der Waals surface area contributed by atoms with Crippen molar-refractivity contribution in [1.82, 2.24) is 24.1 Å². The van der Waals surface area contributed by atoms with Crippen molar-refractivity contribution in [3.8, 4) is 45.5 Å². The second kappa shape index (κ2) is 12.8. The highest BCUT2D eigenvalue weighted by Gasteiger charge is 2.23. The number of hydrogen-bond donors (Lipinski definition) is 0. The smallest absolute Gasteiger partial charge is 0.166 e. The standard InChI is InChI=1S/C53H33N5/c1-3-16-35(17-4-1)51-54-52(36-18-5-2-6-19-36)56-53(55-51)43-29-27-34-15-9-10-22-40(34)50(43)58-48-30-28-39(33-45(48)44-31-37-20-7-8-21-38(37)32-49(44)58)57-46-25-13-11-23-41(46)42-24-12-14-26-47(42)57/h1-33H. The Morgan fingerprint density at radius 2 is 0.793 bits per heavy atom. The lowest BCUT2D eigenvalue weighted by atomic mass is 10.0. The summed E-state index contributed by atoms with van der Waals surface area (Å²) < 4.78 is 4.84. The van der Waals surface area contributed by atoms with Gasteiger partial charge in [0.05, 0.1) is 27.8 Å². The third kappa shape index (κ3) is 5.00. The molecule has 0 aliphatic carbocycles. The van der Waals surface area contributed by atoms with E-state index in [-0.39, 0.29) is 0 Å². The van der Waals surface area contributed by atoms with Gasteiger partial charge in [0.15, 0.2) is 17.5 Å². The highest BCUT2D eigenvalue weighted by molar-refractivity contribution is 6.16. The van der Waals surface area contributed by atoms with Crippen molar-refractivity contribution in [2.75, 3.05) is 0 Å². The summed E-state index contributed by atoms with van der Waals surface area (Å²) in [7, 11) is 0. The molecule has 0 amide bonds. The van der Waals surface area contributed by atoms with Gasteiger partial charge in [-0.1, -0.05) is 152 Å². The number of nitrogens with zero attached hydrogens (tertiary/aromatic N) is 5. The maximum absolute atomic E-state index is 5.25. The van der Waals surface area contributed by atoms with Gasteiger partial charge in [-0.25, -0.2) is 15.0 Å². The molecule has 0 radical (unpaired) electrons. The van der Waals surface area contributed by atoms with Gasteiger partial charge in [0, 0.05) is 49.3 Å². The van der Waals surface area contributed by atoms with Crippen LogP contribution in [0.3, 0.4) is 0 Å². The largest absolute Gasteiger partial charge is 0.309 e. The predicted molar refractivity (Wildman–Crippen MR) is 240 cm³/mol. The van der Waals surface area contributed by atoms with E-state index in [0.29, 0.717) is 17.5 Å². The minimum absolute atomic E-state index is 0.617. The Morgan fingerprint density at radius 1 is 0.293 bits per heavy atom. The first-order chi connectivity index (χ1) is 28.8. The van der Waals surface area contributed by atoms with E-state index in [1.165, 1.54) is 43.4 Å². The Labute approximate surface area is 333 Å². The number of benzene rings is 9. The molecule has 270 valence electrons. The van der Waals surface area contributed by atoms with Crippen LogP contribution in [0.25, 0.3) is 111 Å². The normalized spacial score (nSPS) is 11.8. The highest BCUT2D eigenvalue weighted by atomic mass is 15.1. The Bertz CT molecular complexity index is 3450. The molecule has 12 rings (SSSR count). The zero-order valence-electron chi connectivity index (χ0n) is 31.3. The molecule has 0 bridgehead atoms. The number of fused-ring (bicyclic) bond motifs is 8. The van der Waals surface area contributed by atoms with Crippen molar-refractivity contribution in [3.05, 3.63) is 200 Å². The molecular formula is C53H33N5. The maximum atomic E-state index is 5.25. The fourth-order valence-electron chi connectivity index (χ4n) is 8.88. The molecule has 58 heavy (non-hydrogen) atoms. The van der Waals surface area contributed by atoms with E-state index in [2.05, 4.69) is 173 Å². The van der Waals surface area contributed by atoms with Gasteiger partial charge in [-0.2, -0.15) is 0 Å². The number of para-hydroxylation sites is 2. The fraction of sp³-hybridized carbons (Fsp3) is 0. The first kappa shape index (κ1) is 32.4. The van der Waals surface area contributed by atoms with E-state index < -0.39 is 0 Å². The first-order valence-corrected chi connectivity index (χ1v) is 19.6. The Balaban J connectivity index is 1.19. The highest BCUT2D eigenvalue weighted by Crippen LogP contribution is 2.42. The van der Waals surface area contributed by atoms with Crippen molar-refractivity contribution in [2.45, 2.75) is 0 Å². The monoisotopic (exact) mass is 739 g/mol. The van der Waals surface area contributed by atoms with Gasteiger partial charge in [0.25, 0.3) is 0 Å². The average molecular weight is 740 g/mol. The molecule has 3 heterocycles. The van der Waals surface area contributed by atoms with Gasteiger partial charge < -0.3 is 9.13 Å². The predicted octanol–water partition coefficient (Wildman–Crippen LogP) is 13.4. The van der Waals surface area contributed by atoms with Crippen LogP contribution in [0.1, 0.15) is 0 Å². The van der Waals surface area contributed by atoms with E-state index in [1.807, 2.05) is 36.4 Å². The molecule has 3 aromatic heterocycles. The van der Waals surface area contributed by atoms with Crippen LogP contribution in [0, 0.1) is 0 Å². The molecule has 5 heteroatoms. The van der Waals surface area contributed by atoms with Gasteiger partial charge >= 0.3 is 0 Å². The van der Waals surface area contributed by atoms with Crippen molar-refractivity contribution in [1.29, 1.82) is 0 Å². The molecule has 0 spiro atoms. The van der Waals surface area contributed by atoms with Crippen molar-refractivity contribution in [3.63, 3.8) is 0 Å². The molecule has 0 saturated heterocycles. The zero-order valence-corrected chi connectivity index (χ0v) is 31.3. The van der Waals surface area contributed by atoms with Crippen molar-refractivity contribution in [2.24, 2.45) is 0 Å². The lowest BCUT2D eigenvalue weighted by molar-refractivity contribution is 1.07. The Kier molecular flexibility index (Phi) is 7.16. The van der Waals surface area contributed by atoms with E-state index >= 15 is 0 Å². The summed E-state index contributed by atoms with van der Waals surface area (Å²) in [6.07, 6.45) is 0. The minimum Gasteiger partial charge on any atom is -0.309 e. The average Bonchev–Trinajstić information content (AvgIpc) is 3.80. The summed E-state index contributed by atoms with van der Waals surface area (Å²) in [6, 6.07) is 71.0. The SMILES string of the molecule is c1ccc(-c2nc(-c3ccccc3)nc(-c3ccc4ccccc4c3-n3c4ccc(-n5c6ccccc6c6ccccc65)cc4c4cc5ccccc5cc43)n2)cc1. The molecule has 0 atom stereocenters. The van der Waals surface area contributed by atoms with Crippen LogP contribution < -0.4 is 0 Å². The topological polar surface area (TPSA) is 48.5 Å². The fourth-order valence-corrected chi connectivity index (χ4v) is 8.88. The molecular weight excluding hydrogens is 707 g/mol. The molecule has 0 fully saturated rings. The second-order valence-electron chi connectivity index (χ2n) is 14.8. The third-order valence-corrected chi connectivity index (χ3v) is 11.5. The van der Waals surface area contributed by atoms with Crippen LogP contribution in [0.15, 0.2) is 200 Å². The van der Waals surface area contributed by atoms with Crippen molar-refractivity contribution < 1.29 is 0 Å². The van der Waals surface area contributed by atoms with Crippen molar-refractivity contribution >= 4 is 65.2 Å². The quantitative estimate of drug-likeness (QED) is 0.177. The first-order valence-electron chi connectivity index (χ1n) is 19.6. The van der Waals surface area contributed by atoms with Gasteiger partial charge in [0.1, 0.15) is 0 Å². The van der Waals surface area contributed by atoms with Gasteiger partial charge in [-0.05, 0) is 64.7 Å². The lowest BCUT2D eigenvalue weighted by Gasteiger charge is -2.17. The van der Waals surface area contributed by atoms with Crippen LogP contribution in [0.5, 0.6) is 0 Å². The number of aromatic nitrogens is 5. The van der Waals surface area contributed by atoms with E-state index in [9.17, 15) is 0 Å². The van der Waals surface area contributed by atoms with E-state index in [4.69, 9.17) is 15.0 Å². The third-order valence-electron chi connectivity index (χ3n) is 11.5. The molecule has 0 saturated carbocycles. The van der Waals surface area contributed by atoms with Gasteiger partial charge in [-0.15, -0.1) is 0 Å². The molecule has 5 nitrogen and oxygen atoms in total. The summed E-state index contributed by atoms with van der Waals surface area (Å²) in [6.45, 7) is 0. The number of hydrogen-bond acceptors (Lipinski definition) is 3. The summed E-state index contributed by atoms with van der Waals surface area (Å²) in [5, 5.41) is 9.47. The van der Waals surface area contributed by atoms with Crippen LogP contribution >= 0.6 is 0 Å². The van der Waals surface area contributed by atoms with Crippen LogP contribution in [-0.4, -0.2) is 24.1 Å². The van der Waals surface area contributed by atoms with Gasteiger partial charge in [0.2, 0.25) is 0 Å². The minimum atomic E-state index is 0.617. The summed E-state index contributed by atoms with van der Waals surface area (Å²) in [4.78, 5) is 15.5. The summed E-state index contributed by atoms with van der Waals surface area (Å²) in [5.74, 6) is 1.88. The Hall–Kier alpha value is -7.89. The molecule has 0 aliphatic heterocycles. The lowest BCUT2D eigenvalue weighted by Crippen LogP contribution is -2.04. The number of rotatable bonds is 5. The van der Waals surface area contributed by atoms with Gasteiger partial charge in [-0.3, -0.25) is 0 Å². The Morgan fingerprint density at radius 3 is 1.45 bits per heavy atom. The molecule has 0 N–H and O–H groups in total. The maximum Gasteiger partial charge on any atom is 0.166 e. The molecule has 12 aromatic rings. The molecule has 0 unspecified atom stereocenters. The second-order valence-corrected chi connectivity index (χ2v) is 14.8. The van der Waals surface area contributed by atoms with Crippen LogP contribution in [0.4, 0.5) is 0 Å². The zero-order chi connectivity index (χ0) is 38.2. The van der Waals surface area contributed by atoms with E-state index in [0.717, 1.165) is 49.9 Å². The summed E-state index contributed by atoms with van der Waals surface area (Å²) in [5.41, 5.74) is 9.54. The van der Waals surface area contributed by atoms with Crippen LogP contribution in [-0.2, 0) is 0 Å². The van der Waals surface area contributed by atoms with Crippen LogP contribution in [0.2, 0.25) is 0 Å². The molecule has 0 aliphatic rings. The summed E-state index contributed by atoms with van der Waals surface area (Å²) >= 11 is 0.